The van der Waals surface area contributed by atoms with E-state index in [0.717, 1.165) is 18.4 Å². The zero-order valence-corrected chi connectivity index (χ0v) is 10.4. The van der Waals surface area contributed by atoms with Crippen LogP contribution in [0.3, 0.4) is 0 Å². The summed E-state index contributed by atoms with van der Waals surface area (Å²) in [6, 6.07) is 8.63. The van der Waals surface area contributed by atoms with E-state index in [1.807, 2.05) is 7.05 Å². The standard InChI is InChI=1S/C15H20N2/c1-16-7-6-11-8-12(9-11)14-10-17-15-5-3-2-4-13(14)15/h2-5,10-12,16-17H,6-9H2,1H3. The van der Waals surface area contributed by atoms with E-state index in [4.69, 9.17) is 0 Å². The molecule has 0 saturated heterocycles. The molecule has 1 fully saturated rings. The number of para-hydroxylation sites is 1. The predicted octanol–water partition coefficient (Wildman–Crippen LogP) is 3.27. The largest absolute Gasteiger partial charge is 0.361 e. The van der Waals surface area contributed by atoms with Crippen molar-refractivity contribution in [1.29, 1.82) is 0 Å². The molecule has 0 unspecified atom stereocenters. The van der Waals surface area contributed by atoms with Crippen LogP contribution in [0.1, 0.15) is 30.7 Å². The van der Waals surface area contributed by atoms with Crippen LogP contribution < -0.4 is 5.32 Å². The van der Waals surface area contributed by atoms with Crippen LogP contribution in [0.4, 0.5) is 0 Å². The Labute approximate surface area is 102 Å². The van der Waals surface area contributed by atoms with Gasteiger partial charge in [-0.2, -0.15) is 0 Å². The molecule has 2 heteroatoms. The van der Waals surface area contributed by atoms with Crippen LogP contribution in [0.2, 0.25) is 0 Å². The Morgan fingerprint density at radius 1 is 1.29 bits per heavy atom. The normalized spacial score (nSPS) is 23.8. The minimum absolute atomic E-state index is 0.785. The highest BCUT2D eigenvalue weighted by Gasteiger charge is 2.30. The molecule has 0 aliphatic heterocycles. The van der Waals surface area contributed by atoms with Gasteiger partial charge in [0, 0.05) is 17.1 Å². The van der Waals surface area contributed by atoms with Gasteiger partial charge in [0.05, 0.1) is 0 Å². The van der Waals surface area contributed by atoms with Gasteiger partial charge in [-0.3, -0.25) is 0 Å². The average molecular weight is 228 g/mol. The fourth-order valence-corrected chi connectivity index (χ4v) is 3.01. The van der Waals surface area contributed by atoms with Gasteiger partial charge in [0.25, 0.3) is 0 Å². The summed E-state index contributed by atoms with van der Waals surface area (Å²) in [4.78, 5) is 3.38. The quantitative estimate of drug-likeness (QED) is 0.826. The van der Waals surface area contributed by atoms with E-state index in [9.17, 15) is 0 Å². The maximum atomic E-state index is 3.38. The van der Waals surface area contributed by atoms with Gasteiger partial charge in [-0.25, -0.2) is 0 Å². The highest BCUT2D eigenvalue weighted by atomic mass is 14.8. The van der Waals surface area contributed by atoms with E-state index in [2.05, 4.69) is 40.8 Å². The molecule has 0 amide bonds. The van der Waals surface area contributed by atoms with E-state index >= 15 is 0 Å². The molecule has 17 heavy (non-hydrogen) atoms. The summed E-state index contributed by atoms with van der Waals surface area (Å²) < 4.78 is 0. The number of aromatic nitrogens is 1. The summed E-state index contributed by atoms with van der Waals surface area (Å²) in [6.45, 7) is 1.16. The van der Waals surface area contributed by atoms with Gasteiger partial charge < -0.3 is 10.3 Å². The Morgan fingerprint density at radius 2 is 2.12 bits per heavy atom. The number of fused-ring (bicyclic) bond motifs is 1. The Hall–Kier alpha value is -1.28. The summed E-state index contributed by atoms with van der Waals surface area (Å²) in [5.74, 6) is 1.72. The number of nitrogens with one attached hydrogen (secondary N) is 2. The lowest BCUT2D eigenvalue weighted by atomic mass is 9.70. The van der Waals surface area contributed by atoms with Gasteiger partial charge in [0.2, 0.25) is 0 Å². The Morgan fingerprint density at radius 3 is 2.94 bits per heavy atom. The molecule has 1 aliphatic rings. The van der Waals surface area contributed by atoms with Crippen LogP contribution in [0.5, 0.6) is 0 Å². The van der Waals surface area contributed by atoms with Crippen molar-refractivity contribution >= 4 is 10.9 Å². The second-order valence-electron chi connectivity index (χ2n) is 5.22. The lowest BCUT2D eigenvalue weighted by Gasteiger charge is -2.35. The van der Waals surface area contributed by atoms with Crippen LogP contribution in [-0.4, -0.2) is 18.6 Å². The number of H-pyrrole nitrogens is 1. The molecule has 1 saturated carbocycles. The molecule has 0 atom stereocenters. The lowest BCUT2D eigenvalue weighted by molar-refractivity contribution is 0.248. The van der Waals surface area contributed by atoms with Crippen LogP contribution in [0, 0.1) is 5.92 Å². The zero-order chi connectivity index (χ0) is 11.7. The van der Waals surface area contributed by atoms with Crippen LogP contribution in [-0.2, 0) is 0 Å². The molecule has 2 N–H and O–H groups in total. The number of aromatic amines is 1. The van der Waals surface area contributed by atoms with E-state index in [1.165, 1.54) is 35.7 Å². The Balaban J connectivity index is 1.70. The summed E-state index contributed by atoms with van der Waals surface area (Å²) in [5, 5.41) is 4.66. The first-order valence-corrected chi connectivity index (χ1v) is 6.59. The number of hydrogen-bond donors (Lipinski definition) is 2. The van der Waals surface area contributed by atoms with Crippen molar-refractivity contribution in [2.45, 2.75) is 25.2 Å². The molecule has 0 radical (unpaired) electrons. The minimum atomic E-state index is 0.785. The van der Waals surface area contributed by atoms with Gasteiger partial charge in [-0.1, -0.05) is 18.2 Å². The molecule has 90 valence electrons. The summed E-state index contributed by atoms with van der Waals surface area (Å²) in [5.41, 5.74) is 2.81. The van der Waals surface area contributed by atoms with Gasteiger partial charge in [0.15, 0.2) is 0 Å². The fraction of sp³-hybridized carbons (Fsp3) is 0.467. The zero-order valence-electron chi connectivity index (χ0n) is 10.4. The molecule has 1 aromatic carbocycles. The van der Waals surface area contributed by atoms with E-state index in [1.54, 1.807) is 0 Å². The maximum Gasteiger partial charge on any atom is 0.0456 e. The summed E-state index contributed by atoms with van der Waals surface area (Å²) in [6.07, 6.45) is 6.27. The van der Waals surface area contributed by atoms with Crippen molar-refractivity contribution in [2.75, 3.05) is 13.6 Å². The molecule has 1 aromatic heterocycles. The van der Waals surface area contributed by atoms with Crippen molar-refractivity contribution in [2.24, 2.45) is 5.92 Å². The molecule has 2 aromatic rings. The van der Waals surface area contributed by atoms with Crippen LogP contribution in [0.15, 0.2) is 30.5 Å². The molecular weight excluding hydrogens is 208 g/mol. The minimum Gasteiger partial charge on any atom is -0.361 e. The highest BCUT2D eigenvalue weighted by molar-refractivity contribution is 5.83. The number of benzene rings is 1. The number of rotatable bonds is 4. The van der Waals surface area contributed by atoms with Crippen molar-refractivity contribution in [3.05, 3.63) is 36.0 Å². The van der Waals surface area contributed by atoms with Crippen molar-refractivity contribution < 1.29 is 0 Å². The lowest BCUT2D eigenvalue weighted by Crippen LogP contribution is -2.25. The van der Waals surface area contributed by atoms with E-state index < -0.39 is 0 Å². The molecule has 1 aliphatic carbocycles. The fourth-order valence-electron chi connectivity index (χ4n) is 3.01. The molecule has 0 bridgehead atoms. The smallest absolute Gasteiger partial charge is 0.0456 e. The highest BCUT2D eigenvalue weighted by Crippen LogP contribution is 2.45. The first-order chi connectivity index (χ1) is 8.38. The number of hydrogen-bond acceptors (Lipinski definition) is 1. The predicted molar refractivity (Wildman–Crippen MR) is 72.3 cm³/mol. The molecule has 1 heterocycles. The van der Waals surface area contributed by atoms with Gasteiger partial charge in [-0.05, 0) is 56.3 Å². The third-order valence-corrected chi connectivity index (χ3v) is 4.10. The molecule has 0 spiro atoms. The summed E-state index contributed by atoms with van der Waals surface area (Å²) >= 11 is 0. The maximum absolute atomic E-state index is 3.38. The molecule has 2 nitrogen and oxygen atoms in total. The van der Waals surface area contributed by atoms with E-state index in [0.29, 0.717) is 0 Å². The Bertz CT molecular complexity index is 494. The molecular formula is C15H20N2. The van der Waals surface area contributed by atoms with Crippen molar-refractivity contribution in [3.8, 4) is 0 Å². The molecule has 3 rings (SSSR count). The second kappa shape index (κ2) is 4.53. The van der Waals surface area contributed by atoms with Gasteiger partial charge in [-0.15, -0.1) is 0 Å². The SMILES string of the molecule is CNCCC1CC(c2c[nH]c3ccccc23)C1. The third kappa shape index (κ3) is 1.98. The summed E-state index contributed by atoms with van der Waals surface area (Å²) in [7, 11) is 2.04. The van der Waals surface area contributed by atoms with E-state index in [-0.39, 0.29) is 0 Å². The van der Waals surface area contributed by atoms with Gasteiger partial charge in [0.1, 0.15) is 0 Å². The average Bonchev–Trinajstić information content (AvgIpc) is 2.71. The van der Waals surface area contributed by atoms with Crippen LogP contribution in [0.25, 0.3) is 10.9 Å². The topological polar surface area (TPSA) is 27.8 Å². The third-order valence-electron chi connectivity index (χ3n) is 4.10. The van der Waals surface area contributed by atoms with Crippen molar-refractivity contribution in [3.63, 3.8) is 0 Å². The van der Waals surface area contributed by atoms with Crippen LogP contribution >= 0.6 is 0 Å². The van der Waals surface area contributed by atoms with Gasteiger partial charge >= 0.3 is 0 Å². The monoisotopic (exact) mass is 228 g/mol. The van der Waals surface area contributed by atoms with Crippen molar-refractivity contribution in [1.82, 2.24) is 10.3 Å². The first-order valence-electron chi connectivity index (χ1n) is 6.59. The first kappa shape index (κ1) is 10.8. The Kier molecular flexibility index (Phi) is 2.89. The second-order valence-corrected chi connectivity index (χ2v) is 5.22.